The standard InChI is InChI=1S/C24H24FN3O3/c1-14-13-24(2,3)27(4)19-10-9-15(11-16(14)19)12-17-21(29)26-23(31)28(22(17)30)20-8-6-5-7-18(20)25/h5-12,14H,13H2,1-4H3,(H,26,29,31)/b17-12+/t14-/m0/s1. The average molecular weight is 421 g/mol. The van der Waals surface area contributed by atoms with E-state index in [2.05, 4.69) is 38.0 Å². The molecule has 1 atom stereocenters. The molecule has 7 heteroatoms. The first-order chi connectivity index (χ1) is 14.6. The average Bonchev–Trinajstić information content (AvgIpc) is 2.70. The number of rotatable bonds is 2. The summed E-state index contributed by atoms with van der Waals surface area (Å²) in [5.74, 6) is -2.09. The predicted molar refractivity (Wildman–Crippen MR) is 117 cm³/mol. The minimum Gasteiger partial charge on any atom is -0.369 e. The molecular formula is C24H24FN3O3. The highest BCUT2D eigenvalue weighted by Gasteiger charge is 2.38. The Balaban J connectivity index is 1.74. The van der Waals surface area contributed by atoms with E-state index in [1.54, 1.807) is 0 Å². The summed E-state index contributed by atoms with van der Waals surface area (Å²) < 4.78 is 14.2. The van der Waals surface area contributed by atoms with Crippen molar-refractivity contribution in [2.45, 2.75) is 38.6 Å². The molecule has 2 aromatic carbocycles. The number of barbiturate groups is 1. The predicted octanol–water partition coefficient (Wildman–Crippen LogP) is 4.21. The maximum absolute atomic E-state index is 14.2. The summed E-state index contributed by atoms with van der Waals surface area (Å²) in [5, 5.41) is 2.13. The molecule has 1 saturated heterocycles. The Hall–Kier alpha value is -3.48. The van der Waals surface area contributed by atoms with Crippen molar-refractivity contribution in [2.75, 3.05) is 16.8 Å². The molecule has 160 valence electrons. The summed E-state index contributed by atoms with van der Waals surface area (Å²) in [6, 6.07) is 10.2. The van der Waals surface area contributed by atoms with Crippen LogP contribution in [0.5, 0.6) is 0 Å². The van der Waals surface area contributed by atoms with Gasteiger partial charge >= 0.3 is 6.03 Å². The molecule has 0 spiro atoms. The molecule has 4 rings (SSSR count). The van der Waals surface area contributed by atoms with E-state index in [0.29, 0.717) is 16.4 Å². The number of nitrogens with zero attached hydrogens (tertiary/aromatic N) is 2. The van der Waals surface area contributed by atoms with Gasteiger partial charge in [-0.05, 0) is 67.7 Å². The van der Waals surface area contributed by atoms with Gasteiger partial charge in [-0.1, -0.05) is 25.1 Å². The summed E-state index contributed by atoms with van der Waals surface area (Å²) in [6.45, 7) is 6.55. The fraction of sp³-hybridized carbons (Fsp3) is 0.292. The molecular weight excluding hydrogens is 397 g/mol. The summed E-state index contributed by atoms with van der Waals surface area (Å²) >= 11 is 0. The number of para-hydroxylation sites is 1. The van der Waals surface area contributed by atoms with Gasteiger partial charge in [0.15, 0.2) is 0 Å². The number of anilines is 2. The molecule has 0 radical (unpaired) electrons. The van der Waals surface area contributed by atoms with E-state index >= 15 is 0 Å². The minimum atomic E-state index is -0.972. The van der Waals surface area contributed by atoms with Crippen molar-refractivity contribution in [3.63, 3.8) is 0 Å². The summed E-state index contributed by atoms with van der Waals surface area (Å²) in [5.41, 5.74) is 2.49. The zero-order valence-electron chi connectivity index (χ0n) is 17.9. The van der Waals surface area contributed by atoms with Crippen LogP contribution in [0.25, 0.3) is 6.08 Å². The quantitative estimate of drug-likeness (QED) is 0.583. The number of urea groups is 1. The summed E-state index contributed by atoms with van der Waals surface area (Å²) in [6.07, 6.45) is 2.41. The molecule has 0 aromatic heterocycles. The molecule has 0 unspecified atom stereocenters. The zero-order chi connectivity index (χ0) is 22.5. The number of carbonyl (C=O) groups is 3. The molecule has 2 aromatic rings. The number of nitrogens with one attached hydrogen (secondary N) is 1. The van der Waals surface area contributed by atoms with Gasteiger partial charge in [-0.15, -0.1) is 0 Å². The van der Waals surface area contributed by atoms with E-state index in [1.807, 2.05) is 18.2 Å². The molecule has 1 N–H and O–H groups in total. The highest BCUT2D eigenvalue weighted by Crippen LogP contribution is 2.42. The number of benzene rings is 2. The van der Waals surface area contributed by atoms with Gasteiger partial charge in [0.1, 0.15) is 11.4 Å². The third kappa shape index (κ3) is 3.50. The fourth-order valence-corrected chi connectivity index (χ4v) is 4.36. The van der Waals surface area contributed by atoms with Crippen LogP contribution in [0.3, 0.4) is 0 Å². The highest BCUT2D eigenvalue weighted by atomic mass is 19.1. The third-order valence-electron chi connectivity index (χ3n) is 6.16. The minimum absolute atomic E-state index is 0.0201. The van der Waals surface area contributed by atoms with Crippen molar-refractivity contribution in [1.82, 2.24) is 5.32 Å². The Kier molecular flexibility index (Phi) is 4.92. The van der Waals surface area contributed by atoms with E-state index in [1.165, 1.54) is 24.3 Å². The van der Waals surface area contributed by atoms with Crippen LogP contribution in [0.4, 0.5) is 20.6 Å². The van der Waals surface area contributed by atoms with Crippen molar-refractivity contribution >= 4 is 35.3 Å². The first kappa shape index (κ1) is 20.8. The molecule has 1 fully saturated rings. The van der Waals surface area contributed by atoms with Gasteiger partial charge in [0, 0.05) is 18.3 Å². The third-order valence-corrected chi connectivity index (χ3v) is 6.16. The summed E-state index contributed by atoms with van der Waals surface area (Å²) in [4.78, 5) is 40.6. The van der Waals surface area contributed by atoms with Gasteiger partial charge in [0.2, 0.25) is 0 Å². The van der Waals surface area contributed by atoms with Gasteiger partial charge in [0.05, 0.1) is 5.69 Å². The number of amides is 4. The number of hydrogen-bond donors (Lipinski definition) is 1. The van der Waals surface area contributed by atoms with E-state index < -0.39 is 23.7 Å². The van der Waals surface area contributed by atoms with Crippen LogP contribution in [0.1, 0.15) is 44.2 Å². The van der Waals surface area contributed by atoms with Crippen LogP contribution < -0.4 is 15.1 Å². The molecule has 4 amide bonds. The smallest absolute Gasteiger partial charge is 0.336 e. The van der Waals surface area contributed by atoms with Gasteiger partial charge < -0.3 is 4.90 Å². The van der Waals surface area contributed by atoms with Crippen molar-refractivity contribution < 1.29 is 18.8 Å². The fourth-order valence-electron chi connectivity index (χ4n) is 4.36. The van der Waals surface area contributed by atoms with Gasteiger partial charge in [0.25, 0.3) is 11.8 Å². The van der Waals surface area contributed by atoms with E-state index in [0.717, 1.165) is 23.7 Å². The Morgan fingerprint density at radius 2 is 1.81 bits per heavy atom. The second-order valence-electron chi connectivity index (χ2n) is 8.70. The summed E-state index contributed by atoms with van der Waals surface area (Å²) in [7, 11) is 2.05. The number of halogens is 1. The molecule has 2 aliphatic heterocycles. The normalized spacial score (nSPS) is 21.9. The van der Waals surface area contributed by atoms with Crippen LogP contribution >= 0.6 is 0 Å². The molecule has 2 heterocycles. The Morgan fingerprint density at radius 3 is 2.52 bits per heavy atom. The number of carbonyl (C=O) groups excluding carboxylic acids is 3. The second kappa shape index (κ2) is 7.34. The maximum Gasteiger partial charge on any atom is 0.336 e. The SMILES string of the molecule is C[C@H]1CC(C)(C)N(C)c2ccc(/C=C3\C(=O)NC(=O)N(c4ccccc4F)C3=O)cc21. The topological polar surface area (TPSA) is 69.7 Å². The Labute approximate surface area is 180 Å². The molecule has 31 heavy (non-hydrogen) atoms. The molecule has 0 aliphatic carbocycles. The maximum atomic E-state index is 14.2. The zero-order valence-corrected chi connectivity index (χ0v) is 17.9. The highest BCUT2D eigenvalue weighted by molar-refractivity contribution is 6.39. The van der Waals surface area contributed by atoms with Gasteiger partial charge in [-0.25, -0.2) is 14.1 Å². The Bertz CT molecular complexity index is 1140. The van der Waals surface area contributed by atoms with Crippen molar-refractivity contribution in [3.8, 4) is 0 Å². The first-order valence-corrected chi connectivity index (χ1v) is 10.1. The van der Waals surface area contributed by atoms with Gasteiger partial charge in [-0.3, -0.25) is 14.9 Å². The molecule has 2 aliphatic rings. The van der Waals surface area contributed by atoms with Crippen LogP contribution in [0, 0.1) is 5.82 Å². The van der Waals surface area contributed by atoms with Crippen LogP contribution in [-0.2, 0) is 9.59 Å². The monoisotopic (exact) mass is 421 g/mol. The number of hydrogen-bond acceptors (Lipinski definition) is 4. The number of imide groups is 2. The van der Waals surface area contributed by atoms with Crippen LogP contribution in [0.15, 0.2) is 48.0 Å². The first-order valence-electron chi connectivity index (χ1n) is 10.1. The Morgan fingerprint density at radius 1 is 1.10 bits per heavy atom. The van der Waals surface area contributed by atoms with E-state index in [-0.39, 0.29) is 16.8 Å². The second-order valence-corrected chi connectivity index (χ2v) is 8.70. The van der Waals surface area contributed by atoms with Gasteiger partial charge in [-0.2, -0.15) is 0 Å². The lowest BCUT2D eigenvalue weighted by atomic mass is 9.80. The van der Waals surface area contributed by atoms with Crippen molar-refractivity contribution in [3.05, 3.63) is 65.0 Å². The largest absolute Gasteiger partial charge is 0.369 e. The molecule has 6 nitrogen and oxygen atoms in total. The van der Waals surface area contributed by atoms with Crippen molar-refractivity contribution in [2.24, 2.45) is 0 Å². The van der Waals surface area contributed by atoms with Crippen molar-refractivity contribution in [1.29, 1.82) is 0 Å². The van der Waals surface area contributed by atoms with Crippen LogP contribution in [0.2, 0.25) is 0 Å². The van der Waals surface area contributed by atoms with E-state index in [9.17, 15) is 18.8 Å². The van der Waals surface area contributed by atoms with Crippen LogP contribution in [-0.4, -0.2) is 30.4 Å². The molecule has 0 bridgehead atoms. The van der Waals surface area contributed by atoms with E-state index in [4.69, 9.17) is 0 Å². The lowest BCUT2D eigenvalue weighted by Crippen LogP contribution is -2.54. The lowest BCUT2D eigenvalue weighted by Gasteiger charge is -2.45. The molecule has 0 saturated carbocycles. The number of fused-ring (bicyclic) bond motifs is 1. The lowest BCUT2D eigenvalue weighted by molar-refractivity contribution is -0.122.